The van der Waals surface area contributed by atoms with Crippen molar-refractivity contribution in [1.29, 1.82) is 0 Å². The van der Waals surface area contributed by atoms with Crippen LogP contribution in [0.5, 0.6) is 5.75 Å². The number of benzene rings is 2. The Hall–Kier alpha value is -1.90. The molecular weight excluding hydrogens is 258 g/mol. The third-order valence-electron chi connectivity index (χ3n) is 3.18. The first-order chi connectivity index (χ1) is 9.67. The van der Waals surface area contributed by atoms with Crippen molar-refractivity contribution >= 4 is 0 Å². The first-order valence-electron chi connectivity index (χ1n) is 6.87. The number of hydrogen-bond donors (Lipinski definition) is 0. The van der Waals surface area contributed by atoms with Crippen molar-refractivity contribution in [2.24, 2.45) is 0 Å². The van der Waals surface area contributed by atoms with Gasteiger partial charge in [-0.1, -0.05) is 38.1 Å². The second-order valence-corrected chi connectivity index (χ2v) is 4.64. The maximum atomic E-state index is 14.1. The van der Waals surface area contributed by atoms with E-state index in [1.54, 1.807) is 6.07 Å². The Morgan fingerprint density at radius 1 is 0.900 bits per heavy atom. The first-order valence-corrected chi connectivity index (χ1v) is 6.87. The normalized spacial score (nSPS) is 10.6. The molecule has 0 N–H and O–H groups in total. The predicted octanol–water partition coefficient (Wildman–Crippen LogP) is 4.98. The lowest BCUT2D eigenvalue weighted by Gasteiger charge is -2.10. The molecule has 3 heteroatoms. The molecule has 0 aliphatic carbocycles. The minimum Gasteiger partial charge on any atom is -0.490 e. The van der Waals surface area contributed by atoms with E-state index in [4.69, 9.17) is 4.74 Å². The molecule has 0 fully saturated rings. The van der Waals surface area contributed by atoms with Crippen LogP contribution in [-0.4, -0.2) is 6.61 Å². The van der Waals surface area contributed by atoms with Crippen molar-refractivity contribution in [3.05, 3.63) is 53.6 Å². The van der Waals surface area contributed by atoms with Gasteiger partial charge in [-0.05, 0) is 36.1 Å². The highest BCUT2D eigenvalue weighted by atomic mass is 19.2. The van der Waals surface area contributed by atoms with Crippen molar-refractivity contribution in [2.45, 2.75) is 26.7 Å². The highest BCUT2D eigenvalue weighted by Crippen LogP contribution is 2.30. The summed E-state index contributed by atoms with van der Waals surface area (Å²) in [7, 11) is 0. The third kappa shape index (κ3) is 2.98. The van der Waals surface area contributed by atoms with Crippen LogP contribution in [0.4, 0.5) is 8.78 Å². The smallest absolute Gasteiger partial charge is 0.201 e. The van der Waals surface area contributed by atoms with Crippen LogP contribution < -0.4 is 4.74 Å². The lowest BCUT2D eigenvalue weighted by atomic mass is 10.0. The molecule has 1 nitrogen and oxygen atoms in total. The van der Waals surface area contributed by atoms with Gasteiger partial charge in [0.15, 0.2) is 11.6 Å². The van der Waals surface area contributed by atoms with E-state index >= 15 is 0 Å². The van der Waals surface area contributed by atoms with Gasteiger partial charge in [-0.15, -0.1) is 0 Å². The number of aryl methyl sites for hydroxylation is 1. The summed E-state index contributed by atoms with van der Waals surface area (Å²) in [5, 5.41) is 0. The van der Waals surface area contributed by atoms with Gasteiger partial charge in [0.1, 0.15) is 0 Å². The topological polar surface area (TPSA) is 9.23 Å². The highest BCUT2D eigenvalue weighted by molar-refractivity contribution is 5.65. The minimum atomic E-state index is -0.921. The van der Waals surface area contributed by atoms with Gasteiger partial charge in [-0.3, -0.25) is 0 Å². The van der Waals surface area contributed by atoms with Gasteiger partial charge in [0, 0.05) is 5.56 Å². The second-order valence-electron chi connectivity index (χ2n) is 4.64. The number of hydrogen-bond acceptors (Lipinski definition) is 1. The van der Waals surface area contributed by atoms with Gasteiger partial charge < -0.3 is 4.74 Å². The van der Waals surface area contributed by atoms with Crippen molar-refractivity contribution in [2.75, 3.05) is 6.61 Å². The summed E-state index contributed by atoms with van der Waals surface area (Å²) in [6, 6.07) is 10.5. The number of rotatable bonds is 5. The molecule has 0 saturated carbocycles. The minimum absolute atomic E-state index is 0.0294. The highest BCUT2D eigenvalue weighted by Gasteiger charge is 2.15. The van der Waals surface area contributed by atoms with Crippen molar-refractivity contribution in [3.8, 4) is 16.9 Å². The Morgan fingerprint density at radius 3 is 2.20 bits per heavy atom. The molecule has 2 aromatic carbocycles. The molecule has 0 aromatic heterocycles. The van der Waals surface area contributed by atoms with Crippen LogP contribution in [0.15, 0.2) is 36.4 Å². The molecule has 0 heterocycles. The van der Waals surface area contributed by atoms with E-state index in [2.05, 4.69) is 6.92 Å². The van der Waals surface area contributed by atoms with E-state index < -0.39 is 11.6 Å². The molecule has 0 unspecified atom stereocenters. The molecule has 0 radical (unpaired) electrons. The van der Waals surface area contributed by atoms with E-state index in [-0.39, 0.29) is 11.3 Å². The fourth-order valence-corrected chi connectivity index (χ4v) is 2.00. The molecule has 0 amide bonds. The summed E-state index contributed by atoms with van der Waals surface area (Å²) in [6.45, 7) is 4.34. The molecule has 0 spiro atoms. The zero-order valence-electron chi connectivity index (χ0n) is 11.7. The monoisotopic (exact) mass is 276 g/mol. The van der Waals surface area contributed by atoms with E-state index in [0.29, 0.717) is 12.2 Å². The van der Waals surface area contributed by atoms with Gasteiger partial charge in [0.2, 0.25) is 5.82 Å². The number of ether oxygens (including phenoxy) is 1. The van der Waals surface area contributed by atoms with Crippen LogP contribution in [0.2, 0.25) is 0 Å². The zero-order valence-corrected chi connectivity index (χ0v) is 11.7. The lowest BCUT2D eigenvalue weighted by Crippen LogP contribution is -2.00. The molecular formula is C17H18F2O. The molecule has 106 valence electrons. The second kappa shape index (κ2) is 6.51. The zero-order chi connectivity index (χ0) is 14.5. The van der Waals surface area contributed by atoms with Gasteiger partial charge in [0.05, 0.1) is 6.61 Å². The van der Waals surface area contributed by atoms with E-state index in [0.717, 1.165) is 18.4 Å². The SMILES string of the molecule is CCCOc1ccc(-c2ccc(CC)cc2)c(F)c1F. The van der Waals surface area contributed by atoms with Crippen LogP contribution in [0.3, 0.4) is 0 Å². The lowest BCUT2D eigenvalue weighted by molar-refractivity contribution is 0.295. The molecule has 20 heavy (non-hydrogen) atoms. The molecule has 0 aliphatic rings. The quantitative estimate of drug-likeness (QED) is 0.748. The largest absolute Gasteiger partial charge is 0.490 e. The summed E-state index contributed by atoms with van der Waals surface area (Å²) >= 11 is 0. The Balaban J connectivity index is 2.34. The fraction of sp³-hybridized carbons (Fsp3) is 0.294. The Labute approximate surface area is 118 Å². The summed E-state index contributed by atoms with van der Waals surface area (Å²) in [5.41, 5.74) is 2.09. The van der Waals surface area contributed by atoms with Gasteiger partial charge >= 0.3 is 0 Å². The summed E-state index contributed by atoms with van der Waals surface area (Å²) in [4.78, 5) is 0. The maximum absolute atomic E-state index is 14.1. The molecule has 0 saturated heterocycles. The van der Waals surface area contributed by atoms with Gasteiger partial charge in [-0.25, -0.2) is 4.39 Å². The van der Waals surface area contributed by atoms with E-state index in [1.165, 1.54) is 6.07 Å². The summed E-state index contributed by atoms with van der Waals surface area (Å²) in [5.74, 6) is -1.81. The standard InChI is InChI=1S/C17H18F2O/c1-3-11-20-15-10-9-14(16(18)17(15)19)13-7-5-12(4-2)6-8-13/h5-10H,3-4,11H2,1-2H3. The van der Waals surface area contributed by atoms with Crippen LogP contribution in [0.1, 0.15) is 25.8 Å². The Morgan fingerprint density at radius 2 is 1.60 bits per heavy atom. The number of halogens is 2. The van der Waals surface area contributed by atoms with Gasteiger partial charge in [0.25, 0.3) is 0 Å². The maximum Gasteiger partial charge on any atom is 0.201 e. The van der Waals surface area contributed by atoms with Crippen LogP contribution in [-0.2, 0) is 6.42 Å². The van der Waals surface area contributed by atoms with Crippen LogP contribution in [0, 0.1) is 11.6 Å². The average Bonchev–Trinajstić information content (AvgIpc) is 2.49. The van der Waals surface area contributed by atoms with Crippen molar-refractivity contribution < 1.29 is 13.5 Å². The molecule has 0 atom stereocenters. The molecule has 2 aromatic rings. The van der Waals surface area contributed by atoms with Crippen LogP contribution in [0.25, 0.3) is 11.1 Å². The third-order valence-corrected chi connectivity index (χ3v) is 3.18. The Bertz CT molecular complexity index is 576. The van der Waals surface area contributed by atoms with Crippen LogP contribution >= 0.6 is 0 Å². The van der Waals surface area contributed by atoms with Crippen molar-refractivity contribution in [3.63, 3.8) is 0 Å². The first kappa shape index (κ1) is 14.5. The van der Waals surface area contributed by atoms with Gasteiger partial charge in [-0.2, -0.15) is 4.39 Å². The fourth-order valence-electron chi connectivity index (χ4n) is 2.00. The van der Waals surface area contributed by atoms with E-state index in [1.807, 2.05) is 31.2 Å². The molecule has 0 aliphatic heterocycles. The molecule has 0 bridgehead atoms. The summed E-state index contributed by atoms with van der Waals surface area (Å²) in [6.07, 6.45) is 1.67. The molecule has 2 rings (SSSR count). The summed E-state index contributed by atoms with van der Waals surface area (Å²) < 4.78 is 33.2. The predicted molar refractivity (Wildman–Crippen MR) is 77.0 cm³/mol. The van der Waals surface area contributed by atoms with Crippen molar-refractivity contribution in [1.82, 2.24) is 0 Å². The van der Waals surface area contributed by atoms with E-state index in [9.17, 15) is 8.78 Å². The Kier molecular flexibility index (Phi) is 4.72. The average molecular weight is 276 g/mol.